The lowest BCUT2D eigenvalue weighted by Gasteiger charge is -2.15. The summed E-state index contributed by atoms with van der Waals surface area (Å²) >= 11 is 0. The average molecular weight is 170 g/mol. The third-order valence-electron chi connectivity index (χ3n) is 3.26. The van der Waals surface area contributed by atoms with Crippen molar-refractivity contribution in [3.8, 4) is 0 Å². The minimum absolute atomic E-state index is 0.0876. The first-order valence-corrected chi connectivity index (χ1v) is 4.52. The molecule has 1 aliphatic carbocycles. The number of carbonyl (C=O) groups excluding carboxylic acids is 1. The van der Waals surface area contributed by atoms with Crippen LogP contribution in [0.2, 0.25) is 0 Å². The van der Waals surface area contributed by atoms with Crippen molar-refractivity contribution in [1.82, 2.24) is 0 Å². The maximum Gasteiger partial charge on any atom is 0.306 e. The number of aliphatic hydroxyl groups is 1. The number of carbonyl (C=O) groups is 1. The highest BCUT2D eigenvalue weighted by Crippen LogP contribution is 2.44. The summed E-state index contributed by atoms with van der Waals surface area (Å²) in [5.74, 6) is 0.979. The number of aliphatic hydroxyl groups excluding tert-OH is 1. The normalized spacial score (nSPS) is 46.0. The van der Waals surface area contributed by atoms with Gasteiger partial charge in [-0.3, -0.25) is 4.79 Å². The van der Waals surface area contributed by atoms with Crippen LogP contribution in [0.5, 0.6) is 0 Å². The number of esters is 1. The van der Waals surface area contributed by atoms with Crippen molar-refractivity contribution in [2.45, 2.75) is 25.9 Å². The zero-order chi connectivity index (χ0) is 8.72. The number of ether oxygens (including phenoxy) is 1. The molecule has 2 aliphatic rings. The molecule has 3 heteroatoms. The van der Waals surface area contributed by atoms with E-state index in [1.54, 1.807) is 0 Å². The Morgan fingerprint density at radius 3 is 3.08 bits per heavy atom. The van der Waals surface area contributed by atoms with Gasteiger partial charge in [0, 0.05) is 12.5 Å². The van der Waals surface area contributed by atoms with Gasteiger partial charge in [0.25, 0.3) is 0 Å². The van der Waals surface area contributed by atoms with Crippen molar-refractivity contribution in [2.75, 3.05) is 6.61 Å². The Hall–Kier alpha value is -0.570. The van der Waals surface area contributed by atoms with Crippen LogP contribution in [-0.4, -0.2) is 23.8 Å². The third kappa shape index (κ3) is 1.04. The molecule has 68 valence electrons. The average Bonchev–Trinajstić information content (AvgIpc) is 2.43. The highest BCUT2D eigenvalue weighted by Gasteiger charge is 2.47. The molecule has 2 fully saturated rings. The molecule has 1 heterocycles. The van der Waals surface area contributed by atoms with Crippen LogP contribution in [-0.2, 0) is 9.53 Å². The summed E-state index contributed by atoms with van der Waals surface area (Å²) in [6.45, 7) is 2.31. The quantitative estimate of drug-likeness (QED) is 0.585. The molecular formula is C9H14O3. The molecule has 0 amide bonds. The van der Waals surface area contributed by atoms with Gasteiger partial charge in [-0.2, -0.15) is 0 Å². The molecule has 1 saturated carbocycles. The summed E-state index contributed by atoms with van der Waals surface area (Å²) in [4.78, 5) is 10.9. The first-order valence-electron chi connectivity index (χ1n) is 4.52. The molecule has 0 aromatic carbocycles. The topological polar surface area (TPSA) is 46.5 Å². The first kappa shape index (κ1) is 8.05. The van der Waals surface area contributed by atoms with Crippen LogP contribution in [0.25, 0.3) is 0 Å². The Labute approximate surface area is 71.7 Å². The van der Waals surface area contributed by atoms with E-state index in [-0.39, 0.29) is 30.5 Å². The Balaban J connectivity index is 2.11. The fourth-order valence-corrected chi connectivity index (χ4v) is 2.56. The summed E-state index contributed by atoms with van der Waals surface area (Å²) in [6.07, 6.45) is 1.55. The van der Waals surface area contributed by atoms with Crippen LogP contribution in [0.15, 0.2) is 0 Å². The van der Waals surface area contributed by atoms with Crippen molar-refractivity contribution in [1.29, 1.82) is 0 Å². The van der Waals surface area contributed by atoms with Crippen LogP contribution in [0.1, 0.15) is 19.8 Å². The van der Waals surface area contributed by atoms with Gasteiger partial charge in [0.2, 0.25) is 0 Å². The molecule has 0 spiro atoms. The first-order chi connectivity index (χ1) is 5.72. The van der Waals surface area contributed by atoms with E-state index in [9.17, 15) is 4.79 Å². The monoisotopic (exact) mass is 170 g/mol. The minimum Gasteiger partial charge on any atom is -0.462 e. The fourth-order valence-electron chi connectivity index (χ4n) is 2.56. The molecular weight excluding hydrogens is 156 g/mol. The van der Waals surface area contributed by atoms with Gasteiger partial charge in [0.1, 0.15) is 6.10 Å². The summed E-state index contributed by atoms with van der Waals surface area (Å²) in [5.41, 5.74) is 0. The Morgan fingerprint density at radius 1 is 1.67 bits per heavy atom. The fraction of sp³-hybridized carbons (Fsp3) is 0.889. The molecule has 2 rings (SSSR count). The summed E-state index contributed by atoms with van der Waals surface area (Å²) in [6, 6.07) is 0. The van der Waals surface area contributed by atoms with Gasteiger partial charge in [-0.05, 0) is 18.3 Å². The van der Waals surface area contributed by atoms with E-state index in [1.807, 2.05) is 0 Å². The lowest BCUT2D eigenvalue weighted by Crippen LogP contribution is -2.19. The molecule has 0 bridgehead atoms. The zero-order valence-corrected chi connectivity index (χ0v) is 7.19. The van der Waals surface area contributed by atoms with E-state index in [0.717, 1.165) is 6.42 Å². The van der Waals surface area contributed by atoms with E-state index < -0.39 is 0 Å². The smallest absolute Gasteiger partial charge is 0.306 e. The third-order valence-corrected chi connectivity index (χ3v) is 3.26. The number of fused-ring (bicyclic) bond motifs is 1. The maximum absolute atomic E-state index is 10.9. The molecule has 12 heavy (non-hydrogen) atoms. The maximum atomic E-state index is 10.9. The van der Waals surface area contributed by atoms with Crippen LogP contribution >= 0.6 is 0 Å². The molecule has 1 aliphatic heterocycles. The van der Waals surface area contributed by atoms with Gasteiger partial charge in [-0.15, -0.1) is 0 Å². The number of rotatable bonds is 1. The van der Waals surface area contributed by atoms with E-state index >= 15 is 0 Å². The Morgan fingerprint density at radius 2 is 2.42 bits per heavy atom. The predicted octanol–water partition coefficient (Wildman–Crippen LogP) is 0.566. The standard InChI is InChI=1S/C9H14O3/c1-5-2-8-6(7(5)4-10)3-9(11)12-8/h5-8,10H,2-4H2,1H3/t5-,6-,7+,8+/m1/s1. The Kier molecular flexibility index (Phi) is 1.83. The summed E-state index contributed by atoms with van der Waals surface area (Å²) in [7, 11) is 0. The lowest BCUT2D eigenvalue weighted by molar-refractivity contribution is -0.141. The molecule has 1 N–H and O–H groups in total. The molecule has 3 nitrogen and oxygen atoms in total. The second-order valence-electron chi connectivity index (χ2n) is 3.96. The van der Waals surface area contributed by atoms with Crippen LogP contribution in [0.4, 0.5) is 0 Å². The van der Waals surface area contributed by atoms with Crippen molar-refractivity contribution in [2.24, 2.45) is 17.8 Å². The van der Waals surface area contributed by atoms with Crippen molar-refractivity contribution >= 4 is 5.97 Å². The zero-order valence-electron chi connectivity index (χ0n) is 7.19. The summed E-state index contributed by atoms with van der Waals surface area (Å²) in [5, 5.41) is 9.10. The number of hydrogen-bond donors (Lipinski definition) is 1. The lowest BCUT2D eigenvalue weighted by atomic mass is 9.89. The van der Waals surface area contributed by atoms with Gasteiger partial charge >= 0.3 is 5.97 Å². The summed E-state index contributed by atoms with van der Waals surface area (Å²) < 4.78 is 5.14. The van der Waals surface area contributed by atoms with Crippen molar-refractivity contribution in [3.63, 3.8) is 0 Å². The van der Waals surface area contributed by atoms with E-state index in [0.29, 0.717) is 12.3 Å². The van der Waals surface area contributed by atoms with Gasteiger partial charge in [0.05, 0.1) is 6.42 Å². The van der Waals surface area contributed by atoms with Gasteiger partial charge in [0.15, 0.2) is 0 Å². The number of hydrogen-bond acceptors (Lipinski definition) is 3. The van der Waals surface area contributed by atoms with E-state index in [2.05, 4.69) is 6.92 Å². The van der Waals surface area contributed by atoms with E-state index in [1.165, 1.54) is 0 Å². The predicted molar refractivity (Wildman–Crippen MR) is 42.3 cm³/mol. The van der Waals surface area contributed by atoms with Crippen LogP contribution in [0, 0.1) is 17.8 Å². The second-order valence-corrected chi connectivity index (χ2v) is 3.96. The van der Waals surface area contributed by atoms with E-state index in [4.69, 9.17) is 9.84 Å². The molecule has 0 aromatic rings. The van der Waals surface area contributed by atoms with Gasteiger partial charge in [-0.25, -0.2) is 0 Å². The van der Waals surface area contributed by atoms with Crippen molar-refractivity contribution < 1.29 is 14.6 Å². The largest absolute Gasteiger partial charge is 0.462 e. The highest BCUT2D eigenvalue weighted by atomic mass is 16.6. The molecule has 0 aromatic heterocycles. The van der Waals surface area contributed by atoms with Crippen LogP contribution < -0.4 is 0 Å². The molecule has 0 unspecified atom stereocenters. The van der Waals surface area contributed by atoms with Crippen molar-refractivity contribution in [3.05, 3.63) is 0 Å². The minimum atomic E-state index is -0.0876. The second kappa shape index (κ2) is 2.73. The van der Waals surface area contributed by atoms with Crippen LogP contribution in [0.3, 0.4) is 0 Å². The Bertz CT molecular complexity index is 202. The molecule has 4 atom stereocenters. The van der Waals surface area contributed by atoms with Gasteiger partial charge < -0.3 is 9.84 Å². The highest BCUT2D eigenvalue weighted by molar-refractivity contribution is 5.72. The SMILES string of the molecule is C[C@@H]1C[C@@H]2OC(=O)C[C@@H]2[C@H]1CO. The van der Waals surface area contributed by atoms with Gasteiger partial charge in [-0.1, -0.05) is 6.92 Å². The molecule has 0 radical (unpaired) electrons. The molecule has 1 saturated heterocycles.